The maximum atomic E-state index is 12.3. The van der Waals surface area contributed by atoms with Crippen LogP contribution in [-0.4, -0.2) is 19.1 Å². The molecule has 0 radical (unpaired) electrons. The van der Waals surface area contributed by atoms with Crippen LogP contribution in [0.2, 0.25) is 0 Å². The third kappa shape index (κ3) is 2.89. The summed E-state index contributed by atoms with van der Waals surface area (Å²) in [5, 5.41) is 3.04. The predicted molar refractivity (Wildman–Crippen MR) is 80.9 cm³/mol. The summed E-state index contributed by atoms with van der Waals surface area (Å²) in [5.74, 6) is 0.395. The number of carbonyl (C=O) groups is 1. The van der Waals surface area contributed by atoms with Gasteiger partial charge in [-0.2, -0.15) is 0 Å². The predicted octanol–water partition coefficient (Wildman–Crippen LogP) is 2.98. The lowest BCUT2D eigenvalue weighted by Crippen LogP contribution is -2.41. The first-order valence-corrected chi connectivity index (χ1v) is 7.41. The van der Waals surface area contributed by atoms with Gasteiger partial charge in [-0.15, -0.1) is 0 Å². The topological polar surface area (TPSA) is 64.3 Å². The van der Waals surface area contributed by atoms with E-state index in [1.54, 1.807) is 18.2 Å². The summed E-state index contributed by atoms with van der Waals surface area (Å²) in [7, 11) is 0. The molecule has 4 nitrogen and oxygen atoms in total. The molecule has 0 bridgehead atoms. The standard InChI is InChI=1S/C16H24N2O2/c1-3-16(9-6-10-16)11-18-15(19)12-7-5-8-13(17)14(12)20-4-2/h5,7-8H,3-4,6,9-11,17H2,1-2H3,(H,18,19). The van der Waals surface area contributed by atoms with E-state index in [9.17, 15) is 4.79 Å². The fourth-order valence-corrected chi connectivity index (χ4v) is 2.73. The van der Waals surface area contributed by atoms with E-state index in [0.717, 1.165) is 13.0 Å². The van der Waals surface area contributed by atoms with E-state index in [1.165, 1.54) is 19.3 Å². The smallest absolute Gasteiger partial charge is 0.255 e. The van der Waals surface area contributed by atoms with Crippen molar-refractivity contribution in [3.05, 3.63) is 23.8 Å². The Bertz CT molecular complexity index is 476. The molecule has 1 aromatic carbocycles. The molecule has 20 heavy (non-hydrogen) atoms. The number of amides is 1. The molecule has 0 heterocycles. The van der Waals surface area contributed by atoms with Crippen LogP contribution in [0.3, 0.4) is 0 Å². The highest BCUT2D eigenvalue weighted by atomic mass is 16.5. The van der Waals surface area contributed by atoms with Crippen LogP contribution in [0.1, 0.15) is 49.9 Å². The van der Waals surface area contributed by atoms with Gasteiger partial charge in [0.1, 0.15) is 0 Å². The Morgan fingerprint density at radius 1 is 1.40 bits per heavy atom. The molecule has 1 aliphatic rings. The van der Waals surface area contributed by atoms with Crippen molar-refractivity contribution >= 4 is 11.6 Å². The number of benzene rings is 1. The molecule has 1 fully saturated rings. The average Bonchev–Trinajstić information content (AvgIpc) is 2.40. The molecule has 1 saturated carbocycles. The number of carbonyl (C=O) groups excluding carboxylic acids is 1. The minimum absolute atomic E-state index is 0.0968. The highest BCUT2D eigenvalue weighted by Crippen LogP contribution is 2.43. The number of nitrogens with one attached hydrogen (secondary N) is 1. The second-order valence-corrected chi connectivity index (χ2v) is 5.55. The number of hydrogen-bond acceptors (Lipinski definition) is 3. The van der Waals surface area contributed by atoms with Crippen molar-refractivity contribution in [1.29, 1.82) is 0 Å². The largest absolute Gasteiger partial charge is 0.491 e. The maximum Gasteiger partial charge on any atom is 0.255 e. The van der Waals surface area contributed by atoms with Gasteiger partial charge in [0.05, 0.1) is 17.9 Å². The summed E-state index contributed by atoms with van der Waals surface area (Å²) in [6.07, 6.45) is 4.80. The molecule has 0 spiro atoms. The van der Waals surface area contributed by atoms with Gasteiger partial charge in [-0.1, -0.05) is 19.4 Å². The zero-order valence-electron chi connectivity index (χ0n) is 12.4. The first-order chi connectivity index (χ1) is 9.62. The molecule has 110 valence electrons. The van der Waals surface area contributed by atoms with Crippen molar-refractivity contribution in [1.82, 2.24) is 5.32 Å². The van der Waals surface area contributed by atoms with E-state index >= 15 is 0 Å². The first-order valence-electron chi connectivity index (χ1n) is 7.41. The Hall–Kier alpha value is -1.71. The van der Waals surface area contributed by atoms with Crippen molar-refractivity contribution in [2.24, 2.45) is 5.41 Å². The van der Waals surface area contributed by atoms with E-state index in [2.05, 4.69) is 12.2 Å². The maximum absolute atomic E-state index is 12.3. The van der Waals surface area contributed by atoms with Gasteiger partial charge >= 0.3 is 0 Å². The van der Waals surface area contributed by atoms with E-state index in [0.29, 0.717) is 29.0 Å². The summed E-state index contributed by atoms with van der Waals surface area (Å²) in [6.45, 7) is 5.31. The summed E-state index contributed by atoms with van der Waals surface area (Å²) in [4.78, 5) is 12.3. The zero-order chi connectivity index (χ0) is 14.6. The molecule has 0 unspecified atom stereocenters. The summed E-state index contributed by atoms with van der Waals surface area (Å²) in [5.41, 5.74) is 7.23. The summed E-state index contributed by atoms with van der Waals surface area (Å²) >= 11 is 0. The number of para-hydroxylation sites is 1. The van der Waals surface area contributed by atoms with E-state index < -0.39 is 0 Å². The fourth-order valence-electron chi connectivity index (χ4n) is 2.73. The van der Waals surface area contributed by atoms with Crippen LogP contribution in [0, 0.1) is 5.41 Å². The van der Waals surface area contributed by atoms with Crippen LogP contribution in [0.4, 0.5) is 5.69 Å². The van der Waals surface area contributed by atoms with Crippen molar-refractivity contribution in [3.8, 4) is 5.75 Å². The van der Waals surface area contributed by atoms with Crippen molar-refractivity contribution in [3.63, 3.8) is 0 Å². The molecule has 3 N–H and O–H groups in total. The summed E-state index contributed by atoms with van der Waals surface area (Å²) < 4.78 is 5.50. The normalized spacial score (nSPS) is 16.3. The molecule has 2 rings (SSSR count). The number of hydrogen-bond donors (Lipinski definition) is 2. The Labute approximate surface area is 120 Å². The zero-order valence-corrected chi connectivity index (χ0v) is 12.4. The third-order valence-corrected chi connectivity index (χ3v) is 4.37. The van der Waals surface area contributed by atoms with Crippen LogP contribution < -0.4 is 15.8 Å². The molecular weight excluding hydrogens is 252 g/mol. The number of rotatable bonds is 6. The molecule has 4 heteroatoms. The molecule has 1 aliphatic carbocycles. The fraction of sp³-hybridized carbons (Fsp3) is 0.562. The average molecular weight is 276 g/mol. The van der Waals surface area contributed by atoms with Crippen molar-refractivity contribution in [2.45, 2.75) is 39.5 Å². The molecular formula is C16H24N2O2. The number of ether oxygens (including phenoxy) is 1. The monoisotopic (exact) mass is 276 g/mol. The highest BCUT2D eigenvalue weighted by molar-refractivity contribution is 5.98. The van der Waals surface area contributed by atoms with E-state index in [1.807, 2.05) is 6.92 Å². The Morgan fingerprint density at radius 3 is 2.70 bits per heavy atom. The lowest BCUT2D eigenvalue weighted by Gasteiger charge is -2.41. The van der Waals surface area contributed by atoms with Gasteiger partial charge in [0.25, 0.3) is 5.91 Å². The molecule has 1 amide bonds. The van der Waals surface area contributed by atoms with Gasteiger partial charge < -0.3 is 15.8 Å². The van der Waals surface area contributed by atoms with Crippen molar-refractivity contribution in [2.75, 3.05) is 18.9 Å². The lowest BCUT2D eigenvalue weighted by atomic mass is 9.67. The molecule has 0 atom stereocenters. The van der Waals surface area contributed by atoms with Gasteiger partial charge in [-0.3, -0.25) is 4.79 Å². The van der Waals surface area contributed by atoms with Crippen LogP contribution in [0.5, 0.6) is 5.75 Å². The number of anilines is 1. The third-order valence-electron chi connectivity index (χ3n) is 4.37. The van der Waals surface area contributed by atoms with Gasteiger partial charge in [0.2, 0.25) is 0 Å². The first kappa shape index (κ1) is 14.7. The Morgan fingerprint density at radius 2 is 2.15 bits per heavy atom. The highest BCUT2D eigenvalue weighted by Gasteiger charge is 2.35. The van der Waals surface area contributed by atoms with Crippen LogP contribution >= 0.6 is 0 Å². The Kier molecular flexibility index (Phi) is 4.53. The minimum Gasteiger partial charge on any atom is -0.491 e. The SMILES string of the molecule is CCOc1c(N)cccc1C(=O)NCC1(CC)CCC1. The van der Waals surface area contributed by atoms with E-state index in [4.69, 9.17) is 10.5 Å². The van der Waals surface area contributed by atoms with Crippen LogP contribution in [0.25, 0.3) is 0 Å². The minimum atomic E-state index is -0.0968. The Balaban J connectivity index is 2.07. The van der Waals surface area contributed by atoms with Crippen molar-refractivity contribution < 1.29 is 9.53 Å². The number of nitrogens with two attached hydrogens (primary N) is 1. The van der Waals surface area contributed by atoms with Gasteiger partial charge in [-0.25, -0.2) is 0 Å². The summed E-state index contributed by atoms with van der Waals surface area (Å²) in [6, 6.07) is 5.29. The van der Waals surface area contributed by atoms with Gasteiger partial charge in [0, 0.05) is 6.54 Å². The second kappa shape index (κ2) is 6.16. The van der Waals surface area contributed by atoms with Gasteiger partial charge in [-0.05, 0) is 43.7 Å². The quantitative estimate of drug-likeness (QED) is 0.785. The molecule has 0 saturated heterocycles. The lowest BCUT2D eigenvalue weighted by molar-refractivity contribution is 0.0847. The number of nitrogen functional groups attached to an aromatic ring is 1. The van der Waals surface area contributed by atoms with Gasteiger partial charge in [0.15, 0.2) is 5.75 Å². The molecule has 1 aromatic rings. The molecule has 0 aliphatic heterocycles. The second-order valence-electron chi connectivity index (χ2n) is 5.55. The molecule has 0 aromatic heterocycles. The van der Waals surface area contributed by atoms with Crippen LogP contribution in [-0.2, 0) is 0 Å². The van der Waals surface area contributed by atoms with Crippen LogP contribution in [0.15, 0.2) is 18.2 Å². The van der Waals surface area contributed by atoms with E-state index in [-0.39, 0.29) is 5.91 Å².